The van der Waals surface area contributed by atoms with E-state index < -0.39 is 11.2 Å². The van der Waals surface area contributed by atoms with Crippen LogP contribution in [0, 0.1) is 6.92 Å². The lowest BCUT2D eigenvalue weighted by molar-refractivity contribution is -0.120. The van der Waals surface area contributed by atoms with Crippen LogP contribution in [0.3, 0.4) is 0 Å². The first-order valence-corrected chi connectivity index (χ1v) is 11.1. The van der Waals surface area contributed by atoms with Gasteiger partial charge < -0.3 is 14.8 Å². The summed E-state index contributed by atoms with van der Waals surface area (Å²) >= 11 is 1.09. The standard InChI is InChI=1S/C24H21N3O6S/c1-15-22(30)26(12-17-5-9-19(10-6-17)33-14-28)24(31)27-13-20(34-23(15)27)21(29)25-11-16-3-7-18(32-2)8-4-16/h3-10,13-14H,11-12H2,1-2H3,(H,25,29). The van der Waals surface area contributed by atoms with Crippen LogP contribution in [0.25, 0.3) is 4.83 Å². The van der Waals surface area contributed by atoms with E-state index in [0.717, 1.165) is 27.2 Å². The molecule has 9 nitrogen and oxygen atoms in total. The van der Waals surface area contributed by atoms with Gasteiger partial charge in [-0.05, 0) is 42.3 Å². The molecule has 0 saturated heterocycles. The molecule has 174 valence electrons. The number of ether oxygens (including phenoxy) is 2. The van der Waals surface area contributed by atoms with Crippen LogP contribution in [-0.2, 0) is 17.9 Å². The second kappa shape index (κ2) is 9.75. The Bertz CT molecular complexity index is 1470. The smallest absolute Gasteiger partial charge is 0.336 e. The molecule has 0 fully saturated rings. The summed E-state index contributed by atoms with van der Waals surface area (Å²) in [4.78, 5) is 49.9. The summed E-state index contributed by atoms with van der Waals surface area (Å²) in [6.07, 6.45) is 1.45. The monoisotopic (exact) mass is 479 g/mol. The Balaban J connectivity index is 1.59. The zero-order valence-corrected chi connectivity index (χ0v) is 19.3. The van der Waals surface area contributed by atoms with Gasteiger partial charge in [0.1, 0.15) is 21.2 Å². The lowest BCUT2D eigenvalue weighted by atomic mass is 10.2. The number of thiazole rings is 1. The zero-order chi connectivity index (χ0) is 24.2. The van der Waals surface area contributed by atoms with Crippen LogP contribution in [0.5, 0.6) is 11.5 Å². The summed E-state index contributed by atoms with van der Waals surface area (Å²) in [5.74, 6) is 0.743. The molecule has 0 aliphatic heterocycles. The van der Waals surface area contributed by atoms with Gasteiger partial charge in [0.05, 0.1) is 13.7 Å². The topological polar surface area (TPSA) is 108 Å². The number of aryl methyl sites for hydroxylation is 1. The molecule has 34 heavy (non-hydrogen) atoms. The number of fused-ring (bicyclic) bond motifs is 1. The summed E-state index contributed by atoms with van der Waals surface area (Å²) in [5, 5.41) is 2.83. The molecule has 2 aromatic carbocycles. The first kappa shape index (κ1) is 23.0. The van der Waals surface area contributed by atoms with Gasteiger partial charge in [-0.3, -0.25) is 23.4 Å². The van der Waals surface area contributed by atoms with Crippen molar-refractivity contribution in [3.05, 3.63) is 97.1 Å². The third-order valence-electron chi connectivity index (χ3n) is 5.28. The van der Waals surface area contributed by atoms with Crippen molar-refractivity contribution in [2.75, 3.05) is 7.11 Å². The van der Waals surface area contributed by atoms with E-state index in [4.69, 9.17) is 9.47 Å². The van der Waals surface area contributed by atoms with Gasteiger partial charge in [0.15, 0.2) is 0 Å². The minimum Gasteiger partial charge on any atom is -0.497 e. The number of benzene rings is 2. The minimum absolute atomic E-state index is 0.0393. The Morgan fingerprint density at radius 1 is 1.03 bits per heavy atom. The number of carbonyl (C=O) groups is 2. The van der Waals surface area contributed by atoms with Gasteiger partial charge in [-0.2, -0.15) is 0 Å². The third kappa shape index (κ3) is 4.62. The largest absolute Gasteiger partial charge is 0.497 e. The van der Waals surface area contributed by atoms with Gasteiger partial charge in [0.2, 0.25) is 0 Å². The number of hydrogen-bond donors (Lipinski definition) is 1. The maximum absolute atomic E-state index is 13.1. The fourth-order valence-electron chi connectivity index (χ4n) is 3.43. The number of carbonyl (C=O) groups excluding carboxylic acids is 2. The number of amides is 1. The average Bonchev–Trinajstić information content (AvgIpc) is 3.31. The van der Waals surface area contributed by atoms with Crippen LogP contribution in [0.1, 0.15) is 26.4 Å². The highest BCUT2D eigenvalue weighted by atomic mass is 32.1. The summed E-state index contributed by atoms with van der Waals surface area (Å²) < 4.78 is 12.3. The summed E-state index contributed by atoms with van der Waals surface area (Å²) in [7, 11) is 1.58. The van der Waals surface area contributed by atoms with E-state index >= 15 is 0 Å². The molecule has 1 N–H and O–H groups in total. The Morgan fingerprint density at radius 2 is 1.68 bits per heavy atom. The molecular formula is C24H21N3O6S. The molecule has 0 bridgehead atoms. The number of aromatic nitrogens is 2. The normalized spacial score (nSPS) is 10.8. The SMILES string of the molecule is COc1ccc(CNC(=O)c2cn3c(=O)n(Cc4ccc(OC=O)cc4)c(=O)c(C)c3s2)cc1. The molecule has 4 rings (SSSR count). The highest BCUT2D eigenvalue weighted by molar-refractivity contribution is 7.19. The van der Waals surface area contributed by atoms with Crippen LogP contribution in [-0.4, -0.2) is 28.5 Å². The van der Waals surface area contributed by atoms with Crippen molar-refractivity contribution in [3.8, 4) is 11.5 Å². The van der Waals surface area contributed by atoms with Crippen LogP contribution in [0.15, 0.2) is 64.3 Å². The molecule has 1 amide bonds. The lowest BCUT2D eigenvalue weighted by Gasteiger charge is -2.08. The molecular weight excluding hydrogens is 458 g/mol. The number of hydrogen-bond acceptors (Lipinski definition) is 7. The van der Waals surface area contributed by atoms with E-state index in [1.54, 1.807) is 50.4 Å². The predicted octanol–water partition coefficient (Wildman–Crippen LogP) is 2.35. The number of rotatable bonds is 8. The van der Waals surface area contributed by atoms with Crippen LogP contribution in [0.2, 0.25) is 0 Å². The minimum atomic E-state index is -0.538. The Morgan fingerprint density at radius 3 is 2.32 bits per heavy atom. The van der Waals surface area contributed by atoms with Crippen molar-refractivity contribution in [2.24, 2.45) is 0 Å². The molecule has 0 aliphatic rings. The summed E-state index contributed by atoms with van der Waals surface area (Å²) in [6, 6.07) is 13.8. The Kier molecular flexibility index (Phi) is 6.60. The molecule has 0 spiro atoms. The maximum atomic E-state index is 13.1. The first-order chi connectivity index (χ1) is 16.4. The molecule has 0 aliphatic carbocycles. The highest BCUT2D eigenvalue weighted by Crippen LogP contribution is 2.19. The molecule has 0 unspecified atom stereocenters. The second-order valence-electron chi connectivity index (χ2n) is 7.46. The van der Waals surface area contributed by atoms with E-state index in [9.17, 15) is 19.2 Å². The van der Waals surface area contributed by atoms with Crippen molar-refractivity contribution >= 4 is 28.5 Å². The van der Waals surface area contributed by atoms with Crippen LogP contribution >= 0.6 is 11.3 Å². The fraction of sp³-hybridized carbons (Fsp3) is 0.167. The van der Waals surface area contributed by atoms with E-state index in [2.05, 4.69) is 5.32 Å². The van der Waals surface area contributed by atoms with Gasteiger partial charge in [0.25, 0.3) is 17.9 Å². The first-order valence-electron chi connectivity index (χ1n) is 10.3. The predicted molar refractivity (Wildman–Crippen MR) is 127 cm³/mol. The Labute approximate surface area is 197 Å². The van der Waals surface area contributed by atoms with Gasteiger partial charge >= 0.3 is 5.69 Å². The van der Waals surface area contributed by atoms with E-state index in [-0.39, 0.29) is 12.5 Å². The molecule has 2 heterocycles. The van der Waals surface area contributed by atoms with Crippen molar-refractivity contribution in [3.63, 3.8) is 0 Å². The van der Waals surface area contributed by atoms with Crippen molar-refractivity contribution in [1.29, 1.82) is 0 Å². The van der Waals surface area contributed by atoms with Gasteiger partial charge in [-0.25, -0.2) is 4.79 Å². The van der Waals surface area contributed by atoms with Gasteiger partial charge in [-0.1, -0.05) is 24.3 Å². The quantitative estimate of drug-likeness (QED) is 0.389. The summed E-state index contributed by atoms with van der Waals surface area (Å²) in [6.45, 7) is 2.30. The lowest BCUT2D eigenvalue weighted by Crippen LogP contribution is -2.38. The molecule has 0 atom stereocenters. The van der Waals surface area contributed by atoms with Crippen molar-refractivity contribution in [1.82, 2.24) is 14.3 Å². The Hall–Kier alpha value is -4.18. The zero-order valence-electron chi connectivity index (χ0n) is 18.4. The number of methoxy groups -OCH3 is 1. The number of nitrogens with zero attached hydrogens (tertiary/aromatic N) is 2. The van der Waals surface area contributed by atoms with Crippen LogP contribution in [0.4, 0.5) is 0 Å². The molecule has 2 aromatic heterocycles. The van der Waals surface area contributed by atoms with Crippen molar-refractivity contribution < 1.29 is 19.1 Å². The van der Waals surface area contributed by atoms with E-state index in [1.165, 1.54) is 10.6 Å². The highest BCUT2D eigenvalue weighted by Gasteiger charge is 2.17. The maximum Gasteiger partial charge on any atom is 0.336 e. The summed E-state index contributed by atoms with van der Waals surface area (Å²) in [5.41, 5.74) is 0.992. The average molecular weight is 480 g/mol. The van der Waals surface area contributed by atoms with Crippen molar-refractivity contribution in [2.45, 2.75) is 20.0 Å². The van der Waals surface area contributed by atoms with Crippen LogP contribution < -0.4 is 26.0 Å². The molecule has 0 radical (unpaired) electrons. The molecule has 4 aromatic rings. The fourth-order valence-corrected chi connectivity index (χ4v) is 4.44. The third-order valence-corrected chi connectivity index (χ3v) is 6.49. The second-order valence-corrected chi connectivity index (χ2v) is 8.49. The molecule has 10 heteroatoms. The van der Waals surface area contributed by atoms with E-state index in [1.807, 2.05) is 12.1 Å². The van der Waals surface area contributed by atoms with Gasteiger partial charge in [-0.15, -0.1) is 11.3 Å². The van der Waals surface area contributed by atoms with Gasteiger partial charge in [0, 0.05) is 18.3 Å². The number of nitrogens with one attached hydrogen (secondary N) is 1. The molecule has 0 saturated carbocycles. The van der Waals surface area contributed by atoms with E-state index in [0.29, 0.717) is 39.6 Å².